The van der Waals surface area contributed by atoms with Gasteiger partial charge in [0.25, 0.3) is 10.0 Å². The van der Waals surface area contributed by atoms with Crippen molar-refractivity contribution in [2.75, 3.05) is 29.4 Å². The van der Waals surface area contributed by atoms with Crippen LogP contribution in [-0.2, 0) is 24.8 Å². The molecule has 156 valence electrons. The average Bonchev–Trinajstić information content (AvgIpc) is 2.68. The van der Waals surface area contributed by atoms with Gasteiger partial charge >= 0.3 is 0 Å². The third-order valence-electron chi connectivity index (χ3n) is 4.45. The van der Waals surface area contributed by atoms with E-state index in [-0.39, 0.29) is 23.3 Å². The number of nitrogens with one attached hydrogen (secondary N) is 2. The molecule has 0 radical (unpaired) electrons. The van der Waals surface area contributed by atoms with E-state index in [1.807, 2.05) is 0 Å². The van der Waals surface area contributed by atoms with Crippen LogP contribution >= 0.6 is 0 Å². The topological polar surface area (TPSA) is 138 Å². The second-order valence-corrected chi connectivity index (χ2v) is 10.3. The Balaban J connectivity index is 1.65. The molecule has 1 aromatic heterocycles. The standard InChI is InChI=1S/C17H21N5O5S2/c1-28(24,25)22-11-2-4-13(12-22)16(23)20-14-5-7-15(8-6-14)29(26,27)21-17-18-9-3-10-19-17/h3,5-10,13H,2,4,11-12H2,1H3,(H,20,23)(H,18,19,21)/t13-/m1/s1. The molecule has 2 heterocycles. The van der Waals surface area contributed by atoms with Crippen molar-refractivity contribution in [3.8, 4) is 0 Å². The smallest absolute Gasteiger partial charge is 0.264 e. The molecule has 1 aromatic carbocycles. The number of hydrogen-bond donors (Lipinski definition) is 2. The molecule has 0 unspecified atom stereocenters. The van der Waals surface area contributed by atoms with Crippen LogP contribution in [0.4, 0.5) is 11.6 Å². The van der Waals surface area contributed by atoms with Gasteiger partial charge in [0.1, 0.15) is 0 Å². The molecule has 1 amide bonds. The number of sulfonamides is 2. The van der Waals surface area contributed by atoms with E-state index < -0.39 is 26.0 Å². The Kier molecular flexibility index (Phi) is 6.15. The van der Waals surface area contributed by atoms with E-state index >= 15 is 0 Å². The zero-order valence-corrected chi connectivity index (χ0v) is 17.3. The molecule has 0 bridgehead atoms. The Morgan fingerprint density at radius 1 is 1.10 bits per heavy atom. The van der Waals surface area contributed by atoms with Crippen molar-refractivity contribution in [2.24, 2.45) is 5.92 Å². The van der Waals surface area contributed by atoms with Crippen LogP contribution in [0.3, 0.4) is 0 Å². The summed E-state index contributed by atoms with van der Waals surface area (Å²) < 4.78 is 51.7. The molecule has 29 heavy (non-hydrogen) atoms. The van der Waals surface area contributed by atoms with Crippen LogP contribution in [0.5, 0.6) is 0 Å². The van der Waals surface area contributed by atoms with Gasteiger partial charge in [-0.2, -0.15) is 0 Å². The molecule has 0 spiro atoms. The maximum absolute atomic E-state index is 12.5. The van der Waals surface area contributed by atoms with Gasteiger partial charge in [-0.15, -0.1) is 0 Å². The van der Waals surface area contributed by atoms with Gasteiger partial charge in [-0.3, -0.25) is 4.79 Å². The monoisotopic (exact) mass is 439 g/mol. The van der Waals surface area contributed by atoms with Crippen LogP contribution in [-0.4, -0.2) is 56.4 Å². The number of benzene rings is 1. The highest BCUT2D eigenvalue weighted by molar-refractivity contribution is 7.92. The molecule has 2 N–H and O–H groups in total. The fraction of sp³-hybridized carbons (Fsp3) is 0.353. The molecule has 1 aliphatic rings. The lowest BCUT2D eigenvalue weighted by Crippen LogP contribution is -2.43. The Morgan fingerprint density at radius 3 is 2.38 bits per heavy atom. The summed E-state index contributed by atoms with van der Waals surface area (Å²) in [6, 6.07) is 7.21. The number of carbonyl (C=O) groups excluding carboxylic acids is 1. The Labute approximate surface area is 169 Å². The lowest BCUT2D eigenvalue weighted by atomic mass is 9.99. The maximum atomic E-state index is 12.5. The van der Waals surface area contributed by atoms with Crippen LogP contribution in [0, 0.1) is 5.92 Å². The first-order chi connectivity index (χ1) is 13.6. The lowest BCUT2D eigenvalue weighted by Gasteiger charge is -2.30. The van der Waals surface area contributed by atoms with Crippen LogP contribution < -0.4 is 10.0 Å². The number of amides is 1. The molecule has 2 aromatic rings. The van der Waals surface area contributed by atoms with E-state index in [9.17, 15) is 21.6 Å². The molecule has 1 aliphatic heterocycles. The van der Waals surface area contributed by atoms with Gasteiger partial charge in [0.15, 0.2) is 0 Å². The highest BCUT2D eigenvalue weighted by Crippen LogP contribution is 2.21. The van der Waals surface area contributed by atoms with E-state index in [0.717, 1.165) is 6.26 Å². The maximum Gasteiger partial charge on any atom is 0.264 e. The van der Waals surface area contributed by atoms with Gasteiger partial charge in [0.05, 0.1) is 17.1 Å². The first kappa shape index (κ1) is 21.1. The third-order valence-corrected chi connectivity index (χ3v) is 7.06. The predicted molar refractivity (Wildman–Crippen MR) is 107 cm³/mol. The zero-order valence-electron chi connectivity index (χ0n) is 15.6. The van der Waals surface area contributed by atoms with Crippen LogP contribution in [0.15, 0.2) is 47.6 Å². The average molecular weight is 440 g/mol. The van der Waals surface area contributed by atoms with Crippen molar-refractivity contribution in [1.82, 2.24) is 14.3 Å². The molecule has 0 aliphatic carbocycles. The van der Waals surface area contributed by atoms with E-state index in [4.69, 9.17) is 0 Å². The molecule has 1 atom stereocenters. The predicted octanol–water partition coefficient (Wildman–Crippen LogP) is 0.887. The number of rotatable bonds is 6. The summed E-state index contributed by atoms with van der Waals surface area (Å²) in [5.74, 6) is -0.804. The summed E-state index contributed by atoms with van der Waals surface area (Å²) in [6.45, 7) is 0.547. The molecular formula is C17H21N5O5S2. The minimum atomic E-state index is -3.86. The van der Waals surface area contributed by atoms with Gasteiger partial charge < -0.3 is 5.32 Å². The van der Waals surface area contributed by atoms with Gasteiger partial charge in [-0.25, -0.2) is 35.8 Å². The quantitative estimate of drug-likeness (QED) is 0.681. The fourth-order valence-electron chi connectivity index (χ4n) is 2.95. The molecule has 1 saturated heterocycles. The summed E-state index contributed by atoms with van der Waals surface area (Å²) in [7, 11) is -7.21. The summed E-state index contributed by atoms with van der Waals surface area (Å²) in [6.07, 6.45) is 5.15. The lowest BCUT2D eigenvalue weighted by molar-refractivity contribution is -0.120. The molecule has 10 nitrogen and oxygen atoms in total. The van der Waals surface area contributed by atoms with Crippen molar-refractivity contribution in [1.29, 1.82) is 0 Å². The number of anilines is 2. The molecular weight excluding hydrogens is 418 g/mol. The van der Waals surface area contributed by atoms with Crippen LogP contribution in [0.1, 0.15) is 12.8 Å². The molecule has 12 heteroatoms. The number of hydrogen-bond acceptors (Lipinski definition) is 7. The Morgan fingerprint density at radius 2 is 1.76 bits per heavy atom. The minimum Gasteiger partial charge on any atom is -0.326 e. The largest absolute Gasteiger partial charge is 0.326 e. The second kappa shape index (κ2) is 8.43. The van der Waals surface area contributed by atoms with Gasteiger partial charge in [-0.05, 0) is 43.2 Å². The summed E-state index contributed by atoms with van der Waals surface area (Å²) in [5, 5.41) is 2.71. The van der Waals surface area contributed by atoms with Gasteiger partial charge in [0, 0.05) is 31.2 Å². The SMILES string of the molecule is CS(=O)(=O)N1CCC[C@@H](C(=O)Nc2ccc(S(=O)(=O)Nc3ncccn3)cc2)C1. The molecule has 1 fully saturated rings. The summed E-state index contributed by atoms with van der Waals surface area (Å²) >= 11 is 0. The van der Waals surface area contributed by atoms with Crippen LogP contribution in [0.25, 0.3) is 0 Å². The molecule has 0 saturated carbocycles. The third kappa shape index (κ3) is 5.49. The van der Waals surface area contributed by atoms with E-state index in [0.29, 0.717) is 25.1 Å². The Bertz CT molecular complexity index is 1070. The highest BCUT2D eigenvalue weighted by Gasteiger charge is 2.30. The zero-order chi connectivity index (χ0) is 21.1. The van der Waals surface area contributed by atoms with E-state index in [1.54, 1.807) is 6.07 Å². The number of aromatic nitrogens is 2. The Hall–Kier alpha value is -2.57. The van der Waals surface area contributed by atoms with Gasteiger partial charge in [-0.1, -0.05) is 0 Å². The minimum absolute atomic E-state index is 0.0103. The molecule has 3 rings (SSSR count). The van der Waals surface area contributed by atoms with Gasteiger partial charge in [0.2, 0.25) is 21.9 Å². The van der Waals surface area contributed by atoms with E-state index in [1.165, 1.54) is 41.0 Å². The second-order valence-electron chi connectivity index (χ2n) is 6.65. The normalized spacial score (nSPS) is 18.2. The fourth-order valence-corrected chi connectivity index (χ4v) is 4.82. The first-order valence-corrected chi connectivity index (χ1v) is 12.1. The van der Waals surface area contributed by atoms with Crippen molar-refractivity contribution in [3.05, 3.63) is 42.7 Å². The van der Waals surface area contributed by atoms with Crippen molar-refractivity contribution >= 4 is 37.6 Å². The number of nitrogens with zero attached hydrogens (tertiary/aromatic N) is 3. The number of piperidine rings is 1. The summed E-state index contributed by atoms with van der Waals surface area (Å²) in [4.78, 5) is 20.1. The van der Waals surface area contributed by atoms with Crippen molar-refractivity contribution in [3.63, 3.8) is 0 Å². The first-order valence-electron chi connectivity index (χ1n) is 8.81. The van der Waals surface area contributed by atoms with Crippen molar-refractivity contribution < 1.29 is 21.6 Å². The summed E-state index contributed by atoms with van der Waals surface area (Å²) in [5.41, 5.74) is 0.418. The van der Waals surface area contributed by atoms with Crippen molar-refractivity contribution in [2.45, 2.75) is 17.7 Å². The highest BCUT2D eigenvalue weighted by atomic mass is 32.2. The van der Waals surface area contributed by atoms with Crippen LogP contribution in [0.2, 0.25) is 0 Å². The number of carbonyl (C=O) groups is 1. The van der Waals surface area contributed by atoms with E-state index in [2.05, 4.69) is 20.0 Å².